The maximum Gasteiger partial charge on any atom is 0.122 e. The van der Waals surface area contributed by atoms with Crippen molar-refractivity contribution in [1.82, 2.24) is 0 Å². The van der Waals surface area contributed by atoms with Crippen LogP contribution in [-0.4, -0.2) is 13.2 Å². The second-order valence-corrected chi connectivity index (χ2v) is 5.37. The Kier molecular flexibility index (Phi) is 6.40. The first-order chi connectivity index (χ1) is 9.81. The largest absolute Gasteiger partial charge is 0.490 e. The summed E-state index contributed by atoms with van der Waals surface area (Å²) in [5.74, 6) is 1.74. The summed E-state index contributed by atoms with van der Waals surface area (Å²) < 4.78 is 11.2. The van der Waals surface area contributed by atoms with E-state index in [1.165, 1.54) is 11.1 Å². The topological polar surface area (TPSA) is 18.5 Å². The van der Waals surface area contributed by atoms with Crippen molar-refractivity contribution in [3.63, 3.8) is 0 Å². The molecular formula is C16H16Br2O2. The zero-order valence-corrected chi connectivity index (χ0v) is 14.2. The van der Waals surface area contributed by atoms with Crippen molar-refractivity contribution < 1.29 is 9.47 Å². The quantitative estimate of drug-likeness (QED) is 0.485. The van der Waals surface area contributed by atoms with E-state index in [1.54, 1.807) is 0 Å². The molecule has 0 amide bonds. The Bertz CT molecular complexity index is 460. The molecule has 2 rings (SSSR count). The molecule has 20 heavy (non-hydrogen) atoms. The van der Waals surface area contributed by atoms with Crippen LogP contribution in [0.2, 0.25) is 0 Å². The van der Waals surface area contributed by atoms with Crippen LogP contribution in [0, 0.1) is 0 Å². The Hall–Kier alpha value is -1.00. The second kappa shape index (κ2) is 8.32. The van der Waals surface area contributed by atoms with Crippen LogP contribution in [0.5, 0.6) is 11.5 Å². The Labute approximate surface area is 136 Å². The molecule has 2 aromatic carbocycles. The Morgan fingerprint density at radius 2 is 0.950 bits per heavy atom. The lowest BCUT2D eigenvalue weighted by atomic mass is 10.2. The van der Waals surface area contributed by atoms with Gasteiger partial charge in [0, 0.05) is 10.7 Å². The summed E-state index contributed by atoms with van der Waals surface area (Å²) >= 11 is 6.84. The minimum Gasteiger partial charge on any atom is -0.490 e. The van der Waals surface area contributed by atoms with Crippen LogP contribution < -0.4 is 9.47 Å². The molecule has 0 fully saturated rings. The number of ether oxygens (including phenoxy) is 2. The molecule has 0 radical (unpaired) electrons. The molecule has 0 aliphatic rings. The van der Waals surface area contributed by atoms with Crippen LogP contribution in [0.4, 0.5) is 0 Å². The van der Waals surface area contributed by atoms with E-state index < -0.39 is 0 Å². The monoisotopic (exact) mass is 398 g/mol. The SMILES string of the molecule is BrCc1ccc(OCCOc2ccc(CBr)cc2)cc1. The van der Waals surface area contributed by atoms with Gasteiger partial charge in [0.05, 0.1) is 0 Å². The highest BCUT2D eigenvalue weighted by atomic mass is 79.9. The molecule has 0 bridgehead atoms. The maximum atomic E-state index is 5.62. The normalized spacial score (nSPS) is 10.3. The maximum absolute atomic E-state index is 5.62. The highest BCUT2D eigenvalue weighted by Gasteiger charge is 1.97. The summed E-state index contributed by atoms with van der Waals surface area (Å²) in [4.78, 5) is 0. The molecule has 2 nitrogen and oxygen atoms in total. The van der Waals surface area contributed by atoms with E-state index in [4.69, 9.17) is 9.47 Å². The van der Waals surface area contributed by atoms with Gasteiger partial charge in [-0.05, 0) is 35.4 Å². The van der Waals surface area contributed by atoms with Gasteiger partial charge in [-0.1, -0.05) is 56.1 Å². The number of hydrogen-bond donors (Lipinski definition) is 0. The van der Waals surface area contributed by atoms with Crippen LogP contribution in [-0.2, 0) is 10.7 Å². The van der Waals surface area contributed by atoms with E-state index in [9.17, 15) is 0 Å². The number of hydrogen-bond acceptors (Lipinski definition) is 2. The molecular weight excluding hydrogens is 384 g/mol. The molecule has 0 saturated carbocycles. The molecule has 2 aromatic rings. The number of benzene rings is 2. The summed E-state index contributed by atoms with van der Waals surface area (Å²) in [7, 11) is 0. The minimum absolute atomic E-state index is 0.536. The van der Waals surface area contributed by atoms with E-state index in [0.29, 0.717) is 13.2 Å². The molecule has 0 aromatic heterocycles. The first-order valence-electron chi connectivity index (χ1n) is 6.37. The van der Waals surface area contributed by atoms with Crippen molar-refractivity contribution in [1.29, 1.82) is 0 Å². The number of rotatable bonds is 7. The third kappa shape index (κ3) is 4.84. The van der Waals surface area contributed by atoms with Crippen molar-refractivity contribution >= 4 is 31.9 Å². The Morgan fingerprint density at radius 1 is 0.600 bits per heavy atom. The first-order valence-corrected chi connectivity index (χ1v) is 8.61. The van der Waals surface area contributed by atoms with Crippen molar-refractivity contribution in [2.45, 2.75) is 10.7 Å². The summed E-state index contributed by atoms with van der Waals surface area (Å²) in [6.45, 7) is 1.07. The fourth-order valence-electron chi connectivity index (χ4n) is 1.67. The van der Waals surface area contributed by atoms with Crippen LogP contribution in [0.25, 0.3) is 0 Å². The van der Waals surface area contributed by atoms with Crippen LogP contribution in [0.1, 0.15) is 11.1 Å². The van der Waals surface area contributed by atoms with Crippen LogP contribution in [0.3, 0.4) is 0 Å². The molecule has 0 saturated heterocycles. The average Bonchev–Trinajstić information content (AvgIpc) is 2.53. The van der Waals surface area contributed by atoms with E-state index in [1.807, 2.05) is 48.5 Å². The van der Waals surface area contributed by atoms with E-state index >= 15 is 0 Å². The van der Waals surface area contributed by atoms with Gasteiger partial charge in [0.2, 0.25) is 0 Å². The first kappa shape index (κ1) is 15.4. The molecule has 0 spiro atoms. The lowest BCUT2D eigenvalue weighted by Crippen LogP contribution is -2.08. The molecule has 0 aliphatic heterocycles. The highest BCUT2D eigenvalue weighted by molar-refractivity contribution is 9.08. The minimum atomic E-state index is 0.536. The van der Waals surface area contributed by atoms with Gasteiger partial charge in [-0.15, -0.1) is 0 Å². The predicted octanol–water partition coefficient (Wildman–Crippen LogP) is 4.93. The number of alkyl halides is 2. The molecule has 0 aliphatic carbocycles. The van der Waals surface area contributed by atoms with Gasteiger partial charge in [-0.3, -0.25) is 0 Å². The highest BCUT2D eigenvalue weighted by Crippen LogP contribution is 2.15. The van der Waals surface area contributed by atoms with Gasteiger partial charge >= 0.3 is 0 Å². The molecule has 0 N–H and O–H groups in total. The van der Waals surface area contributed by atoms with Crippen LogP contribution >= 0.6 is 31.9 Å². The van der Waals surface area contributed by atoms with Gasteiger partial charge in [-0.25, -0.2) is 0 Å². The third-order valence-electron chi connectivity index (χ3n) is 2.78. The lowest BCUT2D eigenvalue weighted by Gasteiger charge is -2.09. The van der Waals surface area contributed by atoms with Gasteiger partial charge in [0.1, 0.15) is 24.7 Å². The van der Waals surface area contributed by atoms with Crippen molar-refractivity contribution in [2.75, 3.05) is 13.2 Å². The fourth-order valence-corrected chi connectivity index (χ4v) is 2.42. The van der Waals surface area contributed by atoms with Gasteiger partial charge in [0.15, 0.2) is 0 Å². The molecule has 0 unspecified atom stereocenters. The zero-order valence-electron chi connectivity index (χ0n) is 11.0. The lowest BCUT2D eigenvalue weighted by molar-refractivity contribution is 0.217. The van der Waals surface area contributed by atoms with E-state index in [-0.39, 0.29) is 0 Å². The average molecular weight is 400 g/mol. The fraction of sp³-hybridized carbons (Fsp3) is 0.250. The molecule has 0 heterocycles. The Balaban J connectivity index is 1.72. The summed E-state index contributed by atoms with van der Waals surface area (Å²) in [6.07, 6.45) is 0. The van der Waals surface area contributed by atoms with Crippen molar-refractivity contribution in [2.24, 2.45) is 0 Å². The van der Waals surface area contributed by atoms with E-state index in [0.717, 1.165) is 22.2 Å². The third-order valence-corrected chi connectivity index (χ3v) is 4.07. The molecule has 0 atom stereocenters. The molecule has 106 valence electrons. The standard InChI is InChI=1S/C16H16Br2O2/c17-11-13-1-5-15(6-2-13)19-9-10-20-16-7-3-14(12-18)4-8-16/h1-8H,9-12H2. The smallest absolute Gasteiger partial charge is 0.122 e. The van der Waals surface area contributed by atoms with Gasteiger partial charge in [-0.2, -0.15) is 0 Å². The summed E-state index contributed by atoms with van der Waals surface area (Å²) in [6, 6.07) is 16.1. The summed E-state index contributed by atoms with van der Waals surface area (Å²) in [5.41, 5.74) is 2.47. The zero-order chi connectivity index (χ0) is 14.2. The predicted molar refractivity (Wildman–Crippen MR) is 89.1 cm³/mol. The second-order valence-electron chi connectivity index (χ2n) is 4.25. The molecule has 4 heteroatoms. The van der Waals surface area contributed by atoms with Crippen LogP contribution in [0.15, 0.2) is 48.5 Å². The van der Waals surface area contributed by atoms with Gasteiger partial charge in [0.25, 0.3) is 0 Å². The van der Waals surface area contributed by atoms with Crippen molar-refractivity contribution in [3.8, 4) is 11.5 Å². The summed E-state index contributed by atoms with van der Waals surface area (Å²) in [5, 5.41) is 1.72. The number of halogens is 2. The van der Waals surface area contributed by atoms with Gasteiger partial charge < -0.3 is 9.47 Å². The van der Waals surface area contributed by atoms with E-state index in [2.05, 4.69) is 31.9 Å². The van der Waals surface area contributed by atoms with Crippen molar-refractivity contribution in [3.05, 3.63) is 59.7 Å². The Morgan fingerprint density at radius 3 is 1.25 bits per heavy atom.